The number of ether oxygens (including phenoxy) is 1. The van der Waals surface area contributed by atoms with Gasteiger partial charge in [0.1, 0.15) is 18.1 Å². The van der Waals surface area contributed by atoms with Gasteiger partial charge >= 0.3 is 0 Å². The van der Waals surface area contributed by atoms with E-state index >= 15 is 0 Å². The van der Waals surface area contributed by atoms with Crippen molar-refractivity contribution in [3.63, 3.8) is 0 Å². The van der Waals surface area contributed by atoms with Gasteiger partial charge in [-0.05, 0) is 36.6 Å². The van der Waals surface area contributed by atoms with E-state index in [-0.39, 0.29) is 0 Å². The number of benzene rings is 1. The highest BCUT2D eigenvalue weighted by atomic mass is 16.5. The lowest BCUT2D eigenvalue weighted by Gasteiger charge is -2.06. The largest absolute Gasteiger partial charge is 0.486 e. The van der Waals surface area contributed by atoms with Gasteiger partial charge in [-0.25, -0.2) is 0 Å². The molecule has 0 radical (unpaired) electrons. The first-order valence-electron chi connectivity index (χ1n) is 6.80. The molecule has 0 unspecified atom stereocenters. The zero-order chi connectivity index (χ0) is 13.5. The minimum absolute atomic E-state index is 0.424. The molecule has 0 aliphatic carbocycles. The summed E-state index contributed by atoms with van der Waals surface area (Å²) in [6.07, 6.45) is 5.23. The molecule has 1 heterocycles. The molecule has 2 rings (SSSR count). The van der Waals surface area contributed by atoms with Gasteiger partial charge in [0.2, 0.25) is 0 Å². The Kier molecular flexibility index (Phi) is 5.04. The van der Waals surface area contributed by atoms with Crippen molar-refractivity contribution in [1.29, 1.82) is 0 Å². The van der Waals surface area contributed by atoms with Gasteiger partial charge in [-0.2, -0.15) is 0 Å². The number of furan rings is 1. The highest BCUT2D eigenvalue weighted by molar-refractivity contribution is 5.27. The van der Waals surface area contributed by atoms with Crippen molar-refractivity contribution in [2.75, 3.05) is 0 Å². The molecule has 0 bridgehead atoms. The van der Waals surface area contributed by atoms with Gasteiger partial charge < -0.3 is 14.9 Å². The lowest BCUT2D eigenvalue weighted by Crippen LogP contribution is -2.01. The van der Waals surface area contributed by atoms with Gasteiger partial charge in [0.15, 0.2) is 0 Å². The first-order valence-corrected chi connectivity index (χ1v) is 6.80. The molecule has 0 fully saturated rings. The van der Waals surface area contributed by atoms with Crippen molar-refractivity contribution in [3.8, 4) is 5.75 Å². The first-order chi connectivity index (χ1) is 9.33. The molecule has 3 nitrogen and oxygen atoms in total. The van der Waals surface area contributed by atoms with Gasteiger partial charge in [0.05, 0.1) is 6.26 Å². The summed E-state index contributed by atoms with van der Waals surface area (Å²) in [4.78, 5) is 0. The molecule has 0 aliphatic heterocycles. The molecule has 0 saturated carbocycles. The van der Waals surface area contributed by atoms with E-state index in [0.29, 0.717) is 13.2 Å². The molecule has 102 valence electrons. The fourth-order valence-corrected chi connectivity index (χ4v) is 1.96. The van der Waals surface area contributed by atoms with Gasteiger partial charge in [0.25, 0.3) is 0 Å². The highest BCUT2D eigenvalue weighted by Gasteiger charge is 2.05. The minimum Gasteiger partial charge on any atom is -0.486 e. The van der Waals surface area contributed by atoms with E-state index in [1.165, 1.54) is 18.4 Å². The quantitative estimate of drug-likeness (QED) is 0.825. The van der Waals surface area contributed by atoms with Crippen molar-refractivity contribution in [1.82, 2.24) is 0 Å². The Morgan fingerprint density at radius 1 is 1.16 bits per heavy atom. The van der Waals surface area contributed by atoms with Crippen LogP contribution in [0.2, 0.25) is 0 Å². The molecule has 0 spiro atoms. The summed E-state index contributed by atoms with van der Waals surface area (Å²) in [6.45, 7) is 3.11. The van der Waals surface area contributed by atoms with Gasteiger partial charge in [-0.15, -0.1) is 0 Å². The summed E-state index contributed by atoms with van der Waals surface area (Å²) < 4.78 is 11.1. The maximum Gasteiger partial charge on any atom is 0.146 e. The lowest BCUT2D eigenvalue weighted by atomic mass is 10.1. The zero-order valence-electron chi connectivity index (χ0n) is 11.4. The average molecular weight is 259 g/mol. The van der Waals surface area contributed by atoms with E-state index in [9.17, 15) is 0 Å². The van der Waals surface area contributed by atoms with Crippen molar-refractivity contribution in [2.45, 2.75) is 39.3 Å². The third kappa shape index (κ3) is 3.86. The van der Waals surface area contributed by atoms with E-state index in [4.69, 9.17) is 14.9 Å². The molecule has 0 atom stereocenters. The van der Waals surface area contributed by atoms with Crippen LogP contribution in [0.25, 0.3) is 0 Å². The number of hydrogen-bond acceptors (Lipinski definition) is 3. The van der Waals surface area contributed by atoms with Crippen molar-refractivity contribution in [3.05, 3.63) is 53.5 Å². The normalized spacial score (nSPS) is 10.6. The Labute approximate surface area is 114 Å². The molecule has 0 saturated heterocycles. The first kappa shape index (κ1) is 13.7. The Hall–Kier alpha value is -1.74. The Morgan fingerprint density at radius 2 is 1.95 bits per heavy atom. The maximum absolute atomic E-state index is 5.70. The molecule has 2 N–H and O–H groups in total. The van der Waals surface area contributed by atoms with Crippen LogP contribution in [0.1, 0.15) is 36.7 Å². The smallest absolute Gasteiger partial charge is 0.146 e. The van der Waals surface area contributed by atoms with Crippen LogP contribution in [-0.2, 0) is 19.6 Å². The van der Waals surface area contributed by atoms with Crippen LogP contribution in [0.4, 0.5) is 0 Å². The Bertz CT molecular complexity index is 488. The number of rotatable bonds is 7. The predicted molar refractivity (Wildman–Crippen MR) is 76.0 cm³/mol. The van der Waals surface area contributed by atoms with E-state index < -0.39 is 0 Å². The van der Waals surface area contributed by atoms with E-state index in [1.54, 1.807) is 6.26 Å². The summed E-state index contributed by atoms with van der Waals surface area (Å²) in [5.41, 5.74) is 7.97. The third-order valence-corrected chi connectivity index (χ3v) is 3.17. The summed E-state index contributed by atoms with van der Waals surface area (Å²) >= 11 is 0. The second-order valence-corrected chi connectivity index (χ2v) is 4.61. The van der Waals surface area contributed by atoms with Crippen LogP contribution in [0, 0.1) is 0 Å². The minimum atomic E-state index is 0.424. The van der Waals surface area contributed by atoms with E-state index in [2.05, 4.69) is 19.1 Å². The second-order valence-electron chi connectivity index (χ2n) is 4.61. The summed E-state index contributed by atoms with van der Waals surface area (Å²) in [6, 6.07) is 10.1. The van der Waals surface area contributed by atoms with Crippen LogP contribution in [0.5, 0.6) is 5.75 Å². The molecule has 3 heteroatoms. The van der Waals surface area contributed by atoms with Crippen LogP contribution in [-0.4, -0.2) is 0 Å². The highest BCUT2D eigenvalue weighted by Crippen LogP contribution is 2.17. The van der Waals surface area contributed by atoms with Crippen LogP contribution in [0.15, 0.2) is 41.0 Å². The molecular formula is C16H21NO2. The number of nitrogens with two attached hydrogens (primary N) is 1. The molecule has 0 aliphatic rings. The van der Waals surface area contributed by atoms with Crippen LogP contribution in [0.3, 0.4) is 0 Å². The van der Waals surface area contributed by atoms with Crippen molar-refractivity contribution in [2.24, 2.45) is 5.73 Å². The monoisotopic (exact) mass is 259 g/mol. The van der Waals surface area contributed by atoms with Crippen molar-refractivity contribution < 1.29 is 9.15 Å². The third-order valence-electron chi connectivity index (χ3n) is 3.17. The number of aryl methyl sites for hydroxylation is 1. The molecule has 2 aromatic rings. The van der Waals surface area contributed by atoms with E-state index in [1.807, 2.05) is 18.2 Å². The van der Waals surface area contributed by atoms with Gasteiger partial charge in [0, 0.05) is 12.1 Å². The second kappa shape index (κ2) is 7.00. The lowest BCUT2D eigenvalue weighted by molar-refractivity contribution is 0.268. The molecule has 0 amide bonds. The molecule has 19 heavy (non-hydrogen) atoms. The van der Waals surface area contributed by atoms with Gasteiger partial charge in [-0.1, -0.05) is 25.5 Å². The average Bonchev–Trinajstić information content (AvgIpc) is 2.91. The Balaban J connectivity index is 1.89. The molecule has 1 aromatic heterocycles. The maximum atomic E-state index is 5.70. The van der Waals surface area contributed by atoms with Gasteiger partial charge in [-0.3, -0.25) is 0 Å². The van der Waals surface area contributed by atoms with Crippen LogP contribution < -0.4 is 10.5 Å². The number of hydrogen-bond donors (Lipinski definition) is 1. The summed E-state index contributed by atoms with van der Waals surface area (Å²) in [5, 5.41) is 0. The topological polar surface area (TPSA) is 48.4 Å². The summed E-state index contributed by atoms with van der Waals surface area (Å²) in [5.74, 6) is 1.66. The predicted octanol–water partition coefficient (Wildman–Crippen LogP) is 3.66. The van der Waals surface area contributed by atoms with Crippen molar-refractivity contribution >= 4 is 0 Å². The summed E-state index contributed by atoms with van der Waals surface area (Å²) in [7, 11) is 0. The van der Waals surface area contributed by atoms with Crippen LogP contribution >= 0.6 is 0 Å². The fraction of sp³-hybridized carbons (Fsp3) is 0.375. The van der Waals surface area contributed by atoms with E-state index in [0.717, 1.165) is 23.5 Å². The zero-order valence-corrected chi connectivity index (χ0v) is 11.4. The molecule has 1 aromatic carbocycles. The molecular weight excluding hydrogens is 238 g/mol. The fourth-order valence-electron chi connectivity index (χ4n) is 1.96. The number of unbranched alkanes of at least 4 members (excludes halogenated alkanes) is 1. The standard InChI is InChI=1S/C16H21NO2/c1-2-3-4-13-5-7-15(8-6-13)19-12-16-14(11-17)9-10-18-16/h5-10H,2-4,11-12,17H2,1H3. The SMILES string of the molecule is CCCCc1ccc(OCc2occc2CN)cc1. The Morgan fingerprint density at radius 3 is 2.63 bits per heavy atom.